The molecule has 2 unspecified atom stereocenters. The highest BCUT2D eigenvalue weighted by molar-refractivity contribution is 7.91. The Morgan fingerprint density at radius 3 is 2.50 bits per heavy atom. The van der Waals surface area contributed by atoms with Crippen LogP contribution in [0.1, 0.15) is 40.0 Å². The number of nitrogens with zero attached hydrogens (tertiary/aromatic N) is 1. The molecule has 1 N–H and O–H groups in total. The number of hydrogen-bond donors (Lipinski definition) is 1. The van der Waals surface area contributed by atoms with E-state index in [1.54, 1.807) is 6.92 Å². The van der Waals surface area contributed by atoms with Crippen LogP contribution in [0.4, 0.5) is 0 Å². The molecule has 0 saturated carbocycles. The fourth-order valence-electron chi connectivity index (χ4n) is 2.51. The van der Waals surface area contributed by atoms with Gasteiger partial charge in [0.15, 0.2) is 0 Å². The van der Waals surface area contributed by atoms with Crippen molar-refractivity contribution in [2.75, 3.05) is 31.1 Å². The SMILES string of the molecule is CCC1CN(CCCS(=O)(=O)CC)C(CC)CN1. The van der Waals surface area contributed by atoms with E-state index in [1.165, 1.54) is 0 Å². The molecule has 1 rings (SSSR count). The maximum atomic E-state index is 11.5. The molecule has 2 atom stereocenters. The van der Waals surface area contributed by atoms with Gasteiger partial charge in [0.2, 0.25) is 0 Å². The summed E-state index contributed by atoms with van der Waals surface area (Å²) in [5.41, 5.74) is 0. The van der Waals surface area contributed by atoms with Gasteiger partial charge in [-0.1, -0.05) is 20.8 Å². The molecule has 5 heteroatoms. The normalized spacial score (nSPS) is 26.4. The first-order chi connectivity index (χ1) is 8.52. The van der Waals surface area contributed by atoms with E-state index in [-0.39, 0.29) is 5.75 Å². The standard InChI is InChI=1S/C13H28N2O2S/c1-4-12-11-15(13(5-2)10-14-12)8-7-9-18(16,17)6-3/h12-14H,4-11H2,1-3H3. The van der Waals surface area contributed by atoms with Crippen molar-refractivity contribution < 1.29 is 8.42 Å². The topological polar surface area (TPSA) is 49.4 Å². The van der Waals surface area contributed by atoms with E-state index in [4.69, 9.17) is 0 Å². The summed E-state index contributed by atoms with van der Waals surface area (Å²) in [5, 5.41) is 3.56. The molecule has 0 aromatic carbocycles. The third kappa shape index (κ3) is 4.86. The summed E-state index contributed by atoms with van der Waals surface area (Å²) in [6, 6.07) is 1.13. The minimum absolute atomic E-state index is 0.267. The van der Waals surface area contributed by atoms with E-state index in [2.05, 4.69) is 24.1 Å². The molecular weight excluding hydrogens is 248 g/mol. The molecular formula is C13H28N2O2S. The van der Waals surface area contributed by atoms with Crippen LogP contribution in [0.15, 0.2) is 0 Å². The van der Waals surface area contributed by atoms with Gasteiger partial charge in [-0.15, -0.1) is 0 Å². The molecule has 1 aliphatic rings. The molecule has 1 fully saturated rings. The van der Waals surface area contributed by atoms with Crippen molar-refractivity contribution in [2.24, 2.45) is 0 Å². The van der Waals surface area contributed by atoms with E-state index >= 15 is 0 Å². The van der Waals surface area contributed by atoms with Gasteiger partial charge in [0.1, 0.15) is 9.84 Å². The minimum Gasteiger partial charge on any atom is -0.311 e. The van der Waals surface area contributed by atoms with Crippen LogP contribution in [0.25, 0.3) is 0 Å². The summed E-state index contributed by atoms with van der Waals surface area (Å²) >= 11 is 0. The Bertz CT molecular complexity index is 330. The Kier molecular flexibility index (Phi) is 6.60. The van der Waals surface area contributed by atoms with Crippen LogP contribution in [-0.2, 0) is 9.84 Å². The zero-order valence-electron chi connectivity index (χ0n) is 12.0. The van der Waals surface area contributed by atoms with Crippen molar-refractivity contribution in [3.05, 3.63) is 0 Å². The van der Waals surface area contributed by atoms with Gasteiger partial charge in [-0.3, -0.25) is 4.90 Å². The second-order valence-electron chi connectivity index (χ2n) is 5.16. The van der Waals surface area contributed by atoms with Crippen LogP contribution in [0.3, 0.4) is 0 Å². The molecule has 0 aliphatic carbocycles. The van der Waals surface area contributed by atoms with Crippen molar-refractivity contribution in [2.45, 2.75) is 52.1 Å². The van der Waals surface area contributed by atoms with Crippen LogP contribution in [-0.4, -0.2) is 56.5 Å². The minimum atomic E-state index is -2.81. The van der Waals surface area contributed by atoms with Gasteiger partial charge < -0.3 is 5.32 Å². The van der Waals surface area contributed by atoms with Crippen molar-refractivity contribution in [1.82, 2.24) is 10.2 Å². The molecule has 1 aliphatic heterocycles. The Morgan fingerprint density at radius 2 is 1.94 bits per heavy atom. The zero-order valence-corrected chi connectivity index (χ0v) is 12.8. The number of hydrogen-bond acceptors (Lipinski definition) is 4. The van der Waals surface area contributed by atoms with E-state index < -0.39 is 9.84 Å². The Labute approximate surface area is 112 Å². The van der Waals surface area contributed by atoms with Crippen LogP contribution in [0.2, 0.25) is 0 Å². The quantitative estimate of drug-likeness (QED) is 0.761. The van der Waals surface area contributed by atoms with Gasteiger partial charge in [-0.2, -0.15) is 0 Å². The van der Waals surface area contributed by atoms with E-state index in [9.17, 15) is 8.42 Å². The highest BCUT2D eigenvalue weighted by atomic mass is 32.2. The molecule has 0 amide bonds. The predicted octanol–water partition coefficient (Wildman–Crippen LogP) is 1.27. The van der Waals surface area contributed by atoms with Gasteiger partial charge in [0.05, 0.1) is 5.75 Å². The van der Waals surface area contributed by atoms with Crippen LogP contribution in [0.5, 0.6) is 0 Å². The summed E-state index contributed by atoms with van der Waals surface area (Å²) in [5.74, 6) is 0.601. The maximum Gasteiger partial charge on any atom is 0.150 e. The van der Waals surface area contributed by atoms with Crippen molar-refractivity contribution >= 4 is 9.84 Å². The van der Waals surface area contributed by atoms with Crippen molar-refractivity contribution in [3.63, 3.8) is 0 Å². The smallest absolute Gasteiger partial charge is 0.150 e. The molecule has 4 nitrogen and oxygen atoms in total. The monoisotopic (exact) mass is 276 g/mol. The second-order valence-corrected chi connectivity index (χ2v) is 7.63. The van der Waals surface area contributed by atoms with Gasteiger partial charge >= 0.3 is 0 Å². The third-order valence-electron chi connectivity index (χ3n) is 3.92. The summed E-state index contributed by atoms with van der Waals surface area (Å²) in [4.78, 5) is 2.47. The van der Waals surface area contributed by atoms with Crippen molar-refractivity contribution in [1.29, 1.82) is 0 Å². The molecule has 1 heterocycles. The van der Waals surface area contributed by atoms with Crippen LogP contribution >= 0.6 is 0 Å². The number of piperazine rings is 1. The zero-order chi connectivity index (χ0) is 13.6. The average Bonchev–Trinajstić information content (AvgIpc) is 2.38. The number of sulfone groups is 1. The molecule has 0 bridgehead atoms. The summed E-state index contributed by atoms with van der Waals surface area (Å²) in [6.45, 7) is 9.13. The average molecular weight is 276 g/mol. The first-order valence-corrected chi connectivity index (χ1v) is 9.02. The first-order valence-electron chi connectivity index (χ1n) is 7.20. The van der Waals surface area contributed by atoms with Gasteiger partial charge in [0.25, 0.3) is 0 Å². The summed E-state index contributed by atoms with van der Waals surface area (Å²) in [7, 11) is -2.81. The number of nitrogens with one attached hydrogen (secondary N) is 1. The summed E-state index contributed by atoms with van der Waals surface area (Å²) < 4.78 is 23.0. The lowest BCUT2D eigenvalue weighted by molar-refractivity contribution is 0.125. The molecule has 1 saturated heterocycles. The summed E-state index contributed by atoms with van der Waals surface area (Å²) in [6.07, 6.45) is 3.03. The molecule has 0 radical (unpaired) electrons. The van der Waals surface area contributed by atoms with Crippen molar-refractivity contribution in [3.8, 4) is 0 Å². The van der Waals surface area contributed by atoms with Crippen LogP contribution < -0.4 is 5.32 Å². The highest BCUT2D eigenvalue weighted by Crippen LogP contribution is 2.12. The lowest BCUT2D eigenvalue weighted by atomic mass is 10.1. The lowest BCUT2D eigenvalue weighted by Crippen LogP contribution is -2.56. The number of rotatable bonds is 7. The third-order valence-corrected chi connectivity index (χ3v) is 5.71. The second kappa shape index (κ2) is 7.46. The van der Waals surface area contributed by atoms with Crippen LogP contribution in [0, 0.1) is 0 Å². The highest BCUT2D eigenvalue weighted by Gasteiger charge is 2.25. The Hall–Kier alpha value is -0.130. The molecule has 0 aromatic heterocycles. The Morgan fingerprint density at radius 1 is 1.22 bits per heavy atom. The molecule has 0 spiro atoms. The fourth-order valence-corrected chi connectivity index (χ4v) is 3.37. The van der Waals surface area contributed by atoms with E-state index in [0.717, 1.165) is 38.9 Å². The van der Waals surface area contributed by atoms with Gasteiger partial charge in [-0.25, -0.2) is 8.42 Å². The lowest BCUT2D eigenvalue weighted by Gasteiger charge is -2.40. The van der Waals surface area contributed by atoms with Gasteiger partial charge in [0, 0.05) is 30.9 Å². The molecule has 0 aromatic rings. The first kappa shape index (κ1) is 15.9. The molecule has 18 heavy (non-hydrogen) atoms. The predicted molar refractivity (Wildman–Crippen MR) is 76.7 cm³/mol. The Balaban J connectivity index is 2.42. The van der Waals surface area contributed by atoms with E-state index in [0.29, 0.717) is 17.8 Å². The van der Waals surface area contributed by atoms with Gasteiger partial charge in [-0.05, 0) is 25.8 Å². The maximum absolute atomic E-state index is 11.5. The largest absolute Gasteiger partial charge is 0.311 e. The fraction of sp³-hybridized carbons (Fsp3) is 1.00. The van der Waals surface area contributed by atoms with E-state index in [1.807, 2.05) is 0 Å². The molecule has 108 valence electrons.